The van der Waals surface area contributed by atoms with Crippen LogP contribution in [0.5, 0.6) is 0 Å². The number of hydrogen-bond donors (Lipinski definition) is 1. The van der Waals surface area contributed by atoms with Gasteiger partial charge in [0.2, 0.25) is 0 Å². The zero-order valence-electron chi connectivity index (χ0n) is 17.4. The Labute approximate surface area is 170 Å². The molecule has 1 fully saturated rings. The normalized spacial score (nSPS) is 14.8. The maximum Gasteiger partial charge on any atom is -0.00187 e. The van der Waals surface area contributed by atoms with Crippen molar-refractivity contribution >= 4 is 17.0 Å². The van der Waals surface area contributed by atoms with Crippen LogP contribution >= 0.6 is 17.0 Å². The summed E-state index contributed by atoms with van der Waals surface area (Å²) in [5.41, 5.74) is 0. The van der Waals surface area contributed by atoms with Gasteiger partial charge in [-0.05, 0) is 38.9 Å². The van der Waals surface area contributed by atoms with Gasteiger partial charge in [-0.1, -0.05) is 103 Å². The van der Waals surface area contributed by atoms with Gasteiger partial charge in [0.05, 0.1) is 0 Å². The number of unbranched alkanes of at least 4 members (excludes halogenated alkanes) is 14. The van der Waals surface area contributed by atoms with Crippen molar-refractivity contribution in [2.45, 2.75) is 122 Å². The highest BCUT2D eigenvalue weighted by Gasteiger charge is 2.08. The van der Waals surface area contributed by atoms with E-state index in [0.29, 0.717) is 0 Å². The molecule has 0 aromatic heterocycles. The zero-order valence-corrected chi connectivity index (χ0v) is 19.1. The molecule has 0 spiro atoms. The summed E-state index contributed by atoms with van der Waals surface area (Å²) >= 11 is 0. The molecular formula is C22H49BrN2. The average Bonchev–Trinajstić information content (AvgIpc) is 2.59. The minimum absolute atomic E-state index is 0. The predicted molar refractivity (Wildman–Crippen MR) is 121 cm³/mol. The highest BCUT2D eigenvalue weighted by molar-refractivity contribution is 8.93. The smallest absolute Gasteiger partial charge is 0.00187 e. The topological polar surface area (TPSA) is 38.2 Å². The fourth-order valence-corrected chi connectivity index (χ4v) is 3.89. The summed E-state index contributed by atoms with van der Waals surface area (Å²) in [6.45, 7) is 6.42. The third-order valence-corrected chi connectivity index (χ3v) is 5.53. The molecule has 3 N–H and O–H groups in total. The summed E-state index contributed by atoms with van der Waals surface area (Å²) in [6.07, 6.45) is 26.4. The largest absolute Gasteiger partial charge is 0.344 e. The minimum atomic E-state index is 0. The lowest BCUT2D eigenvalue weighted by Gasteiger charge is -2.26. The molecule has 0 aliphatic carbocycles. The van der Waals surface area contributed by atoms with E-state index in [0.717, 1.165) is 0 Å². The Morgan fingerprint density at radius 1 is 0.520 bits per heavy atom. The lowest BCUT2D eigenvalue weighted by molar-refractivity contribution is 0.224. The number of likely N-dealkylation sites (tertiary alicyclic amines) is 1. The zero-order chi connectivity index (χ0) is 16.4. The Balaban J connectivity index is 0. The van der Waals surface area contributed by atoms with Crippen LogP contribution < -0.4 is 6.15 Å². The molecule has 1 aliphatic rings. The SMILES string of the molecule is Br.CCCCCCCCCCCCCCCCCN1CCCCC1.N. The van der Waals surface area contributed by atoms with Gasteiger partial charge < -0.3 is 11.1 Å². The van der Waals surface area contributed by atoms with Crippen LogP contribution in [-0.2, 0) is 0 Å². The van der Waals surface area contributed by atoms with Crippen LogP contribution in [0.4, 0.5) is 0 Å². The molecule has 0 bridgehead atoms. The molecule has 1 rings (SSSR count). The van der Waals surface area contributed by atoms with Gasteiger partial charge in [0, 0.05) is 0 Å². The van der Waals surface area contributed by atoms with E-state index in [9.17, 15) is 0 Å². The van der Waals surface area contributed by atoms with Crippen LogP contribution in [0.3, 0.4) is 0 Å². The second-order valence-corrected chi connectivity index (χ2v) is 7.85. The molecule has 0 aromatic rings. The second kappa shape index (κ2) is 22.4. The van der Waals surface area contributed by atoms with Crippen LogP contribution in [-0.4, -0.2) is 24.5 Å². The molecule has 154 valence electrons. The van der Waals surface area contributed by atoms with Crippen LogP contribution in [0.1, 0.15) is 122 Å². The fraction of sp³-hybridized carbons (Fsp3) is 1.00. The van der Waals surface area contributed by atoms with E-state index >= 15 is 0 Å². The van der Waals surface area contributed by atoms with E-state index in [-0.39, 0.29) is 23.1 Å². The first kappa shape index (κ1) is 27.6. The van der Waals surface area contributed by atoms with E-state index in [2.05, 4.69) is 11.8 Å². The van der Waals surface area contributed by atoms with Gasteiger partial charge in [0.25, 0.3) is 0 Å². The monoisotopic (exact) mass is 420 g/mol. The molecule has 0 radical (unpaired) electrons. The molecule has 0 unspecified atom stereocenters. The predicted octanol–water partition coefficient (Wildman–Crippen LogP) is 8.08. The Morgan fingerprint density at radius 3 is 1.28 bits per heavy atom. The van der Waals surface area contributed by atoms with Gasteiger partial charge in [-0.3, -0.25) is 0 Å². The summed E-state index contributed by atoms with van der Waals surface area (Å²) in [7, 11) is 0. The molecule has 25 heavy (non-hydrogen) atoms. The van der Waals surface area contributed by atoms with E-state index < -0.39 is 0 Å². The highest BCUT2D eigenvalue weighted by atomic mass is 79.9. The van der Waals surface area contributed by atoms with E-state index in [1.807, 2.05) is 0 Å². The number of halogens is 1. The summed E-state index contributed by atoms with van der Waals surface area (Å²) in [5.74, 6) is 0. The first-order chi connectivity index (χ1) is 11.4. The average molecular weight is 422 g/mol. The lowest BCUT2D eigenvalue weighted by Crippen LogP contribution is -2.30. The van der Waals surface area contributed by atoms with E-state index in [1.54, 1.807) is 0 Å². The summed E-state index contributed by atoms with van der Waals surface area (Å²) in [5, 5.41) is 0. The quantitative estimate of drug-likeness (QED) is 0.256. The van der Waals surface area contributed by atoms with Gasteiger partial charge in [0.1, 0.15) is 0 Å². The van der Waals surface area contributed by atoms with Crippen molar-refractivity contribution in [3.05, 3.63) is 0 Å². The first-order valence-corrected chi connectivity index (χ1v) is 11.2. The van der Waals surface area contributed by atoms with E-state index in [1.165, 1.54) is 135 Å². The molecule has 0 atom stereocenters. The number of nitrogens with zero attached hydrogens (tertiary/aromatic N) is 1. The van der Waals surface area contributed by atoms with E-state index in [4.69, 9.17) is 0 Å². The third-order valence-electron chi connectivity index (χ3n) is 5.53. The highest BCUT2D eigenvalue weighted by Crippen LogP contribution is 2.14. The van der Waals surface area contributed by atoms with Gasteiger partial charge in [-0.25, -0.2) is 0 Å². The van der Waals surface area contributed by atoms with Crippen molar-refractivity contribution in [3.63, 3.8) is 0 Å². The molecule has 0 aromatic carbocycles. The molecule has 2 nitrogen and oxygen atoms in total. The number of rotatable bonds is 16. The van der Waals surface area contributed by atoms with Gasteiger partial charge in [-0.15, -0.1) is 17.0 Å². The van der Waals surface area contributed by atoms with Crippen molar-refractivity contribution in [1.29, 1.82) is 0 Å². The van der Waals surface area contributed by atoms with Crippen LogP contribution in [0, 0.1) is 0 Å². The molecule has 0 amide bonds. The fourth-order valence-electron chi connectivity index (χ4n) is 3.89. The molecule has 1 heterocycles. The van der Waals surface area contributed by atoms with Crippen molar-refractivity contribution in [3.8, 4) is 0 Å². The van der Waals surface area contributed by atoms with Crippen molar-refractivity contribution < 1.29 is 0 Å². The van der Waals surface area contributed by atoms with Crippen LogP contribution in [0.15, 0.2) is 0 Å². The summed E-state index contributed by atoms with van der Waals surface area (Å²) in [6, 6.07) is 0. The standard InChI is InChI=1S/C22H45N.BrH.H3N/c1-2-3-4-5-6-7-8-9-10-11-12-13-14-15-17-20-23-21-18-16-19-22-23;;/h2-22H2,1H3;1H;1H3. The van der Waals surface area contributed by atoms with Crippen molar-refractivity contribution in [2.24, 2.45) is 0 Å². The molecular weight excluding hydrogens is 372 g/mol. The first-order valence-electron chi connectivity index (χ1n) is 11.2. The Morgan fingerprint density at radius 2 is 0.880 bits per heavy atom. The summed E-state index contributed by atoms with van der Waals surface area (Å²) in [4.78, 5) is 2.69. The van der Waals surface area contributed by atoms with Gasteiger partial charge in [-0.2, -0.15) is 0 Å². The maximum atomic E-state index is 2.69. The third kappa shape index (κ3) is 19.0. The van der Waals surface area contributed by atoms with Crippen molar-refractivity contribution in [1.82, 2.24) is 11.1 Å². The minimum Gasteiger partial charge on any atom is -0.344 e. The second-order valence-electron chi connectivity index (χ2n) is 7.85. The summed E-state index contributed by atoms with van der Waals surface area (Å²) < 4.78 is 0. The molecule has 3 heteroatoms. The Kier molecular flexibility index (Phi) is 24.8. The maximum absolute atomic E-state index is 2.69. The number of piperidine rings is 1. The number of hydrogen-bond acceptors (Lipinski definition) is 2. The Hall–Kier alpha value is 0.400. The Bertz CT molecular complexity index is 230. The van der Waals surface area contributed by atoms with Gasteiger partial charge in [0.15, 0.2) is 0 Å². The van der Waals surface area contributed by atoms with Gasteiger partial charge >= 0.3 is 0 Å². The molecule has 1 saturated heterocycles. The lowest BCUT2D eigenvalue weighted by atomic mass is 10.0. The van der Waals surface area contributed by atoms with Crippen molar-refractivity contribution in [2.75, 3.05) is 19.6 Å². The van der Waals surface area contributed by atoms with Crippen LogP contribution in [0.2, 0.25) is 0 Å². The molecule has 0 saturated carbocycles. The molecule has 1 aliphatic heterocycles. The van der Waals surface area contributed by atoms with Crippen LogP contribution in [0.25, 0.3) is 0 Å².